The van der Waals surface area contributed by atoms with Crippen molar-refractivity contribution in [2.45, 2.75) is 12.8 Å². The zero-order chi connectivity index (χ0) is 16.4. The van der Waals surface area contributed by atoms with Crippen molar-refractivity contribution in [2.75, 3.05) is 25.5 Å². The van der Waals surface area contributed by atoms with E-state index in [1.54, 1.807) is 11.2 Å². The Morgan fingerprint density at radius 2 is 2.26 bits per heavy atom. The number of carbonyl (C=O) groups excluding carboxylic acids is 2. The molecular weight excluding hydrogens is 296 g/mol. The van der Waals surface area contributed by atoms with Crippen LogP contribution in [0.3, 0.4) is 0 Å². The summed E-state index contributed by atoms with van der Waals surface area (Å²) in [5, 5.41) is 2.89. The maximum atomic E-state index is 12.3. The molecular formula is C16H20N4O3. The van der Waals surface area contributed by atoms with Gasteiger partial charge in [0.1, 0.15) is 0 Å². The van der Waals surface area contributed by atoms with E-state index in [4.69, 9.17) is 0 Å². The Balaban J connectivity index is 1.61. The number of imidazole rings is 1. The molecule has 0 bridgehead atoms. The zero-order valence-corrected chi connectivity index (χ0v) is 13.3. The fourth-order valence-electron chi connectivity index (χ4n) is 2.92. The first-order valence-corrected chi connectivity index (χ1v) is 7.60. The number of fused-ring (bicyclic) bond motifs is 1. The summed E-state index contributed by atoms with van der Waals surface area (Å²) in [6.45, 7) is 1.23. The molecule has 1 atom stereocenters. The highest BCUT2D eigenvalue weighted by atomic mass is 16.5. The van der Waals surface area contributed by atoms with Gasteiger partial charge in [-0.25, -0.2) is 9.78 Å². The Morgan fingerprint density at radius 1 is 1.43 bits per heavy atom. The lowest BCUT2D eigenvalue weighted by Crippen LogP contribution is -2.33. The highest BCUT2D eigenvalue weighted by Crippen LogP contribution is 2.22. The van der Waals surface area contributed by atoms with Gasteiger partial charge in [0.25, 0.3) is 0 Å². The molecule has 7 nitrogen and oxygen atoms in total. The number of urea groups is 1. The number of esters is 1. The largest absolute Gasteiger partial charge is 0.469 e. The summed E-state index contributed by atoms with van der Waals surface area (Å²) in [5.41, 5.74) is 2.58. The van der Waals surface area contributed by atoms with Gasteiger partial charge in [-0.15, -0.1) is 0 Å². The highest BCUT2D eigenvalue weighted by molar-refractivity contribution is 5.92. The SMILES string of the molecule is COC(=O)C[C@H]1CCN(C(=O)Nc2ccc3c(c2)ncn3C)C1. The first kappa shape index (κ1) is 15.3. The standard InChI is InChI=1S/C16H20N4O3/c1-19-10-17-13-8-12(3-4-14(13)19)18-16(22)20-6-5-11(9-20)7-15(21)23-2/h3-4,8,10-11H,5-7,9H2,1-2H3,(H,18,22)/t11-/m1/s1. The number of hydrogen-bond donors (Lipinski definition) is 1. The fourth-order valence-corrected chi connectivity index (χ4v) is 2.92. The van der Waals surface area contributed by atoms with Crippen LogP contribution in [0.15, 0.2) is 24.5 Å². The number of methoxy groups -OCH3 is 1. The predicted molar refractivity (Wildman–Crippen MR) is 86.0 cm³/mol. The van der Waals surface area contributed by atoms with Crippen LogP contribution in [0.4, 0.5) is 10.5 Å². The second kappa shape index (κ2) is 6.28. The van der Waals surface area contributed by atoms with E-state index in [1.165, 1.54) is 7.11 Å². The Kier molecular flexibility index (Phi) is 4.18. The zero-order valence-electron chi connectivity index (χ0n) is 13.3. The van der Waals surface area contributed by atoms with Gasteiger partial charge in [0, 0.05) is 25.8 Å². The van der Waals surface area contributed by atoms with Gasteiger partial charge in [0.15, 0.2) is 0 Å². The highest BCUT2D eigenvalue weighted by Gasteiger charge is 2.28. The molecule has 2 aromatic rings. The van der Waals surface area contributed by atoms with Crippen LogP contribution in [-0.2, 0) is 16.6 Å². The van der Waals surface area contributed by atoms with E-state index in [1.807, 2.05) is 29.8 Å². The van der Waals surface area contributed by atoms with Crippen LogP contribution >= 0.6 is 0 Å². The van der Waals surface area contributed by atoms with Crippen molar-refractivity contribution in [3.05, 3.63) is 24.5 Å². The normalized spacial score (nSPS) is 17.5. The van der Waals surface area contributed by atoms with Gasteiger partial charge in [-0.05, 0) is 30.5 Å². The number of nitrogens with zero attached hydrogens (tertiary/aromatic N) is 3. The maximum Gasteiger partial charge on any atom is 0.321 e. The first-order valence-electron chi connectivity index (χ1n) is 7.60. The summed E-state index contributed by atoms with van der Waals surface area (Å²) >= 11 is 0. The number of amides is 2. The molecule has 0 saturated carbocycles. The number of ether oxygens (including phenoxy) is 1. The molecule has 1 aliphatic heterocycles. The molecule has 1 aromatic heterocycles. The Bertz CT molecular complexity index is 740. The van der Waals surface area contributed by atoms with Gasteiger partial charge in [0.05, 0.1) is 30.9 Å². The molecule has 23 heavy (non-hydrogen) atoms. The Hall–Kier alpha value is -2.57. The van der Waals surface area contributed by atoms with Crippen LogP contribution < -0.4 is 5.32 Å². The molecule has 0 radical (unpaired) electrons. The number of aromatic nitrogens is 2. The lowest BCUT2D eigenvalue weighted by molar-refractivity contribution is -0.141. The van der Waals surface area contributed by atoms with E-state index < -0.39 is 0 Å². The van der Waals surface area contributed by atoms with Crippen molar-refractivity contribution in [2.24, 2.45) is 13.0 Å². The number of nitrogens with one attached hydrogen (secondary N) is 1. The third-order valence-electron chi connectivity index (χ3n) is 4.23. The van der Waals surface area contributed by atoms with Gasteiger partial charge in [-0.3, -0.25) is 4.79 Å². The number of hydrogen-bond acceptors (Lipinski definition) is 4. The monoisotopic (exact) mass is 316 g/mol. The van der Waals surface area contributed by atoms with E-state index in [0.717, 1.165) is 23.1 Å². The van der Waals surface area contributed by atoms with Gasteiger partial charge >= 0.3 is 12.0 Å². The molecule has 2 amide bonds. The summed E-state index contributed by atoms with van der Waals surface area (Å²) < 4.78 is 6.61. The average molecular weight is 316 g/mol. The Morgan fingerprint density at radius 3 is 3.04 bits per heavy atom. The van der Waals surface area contributed by atoms with Crippen molar-refractivity contribution in [3.63, 3.8) is 0 Å². The average Bonchev–Trinajstić information content (AvgIpc) is 3.14. The van der Waals surface area contributed by atoms with Crippen molar-refractivity contribution in [1.82, 2.24) is 14.5 Å². The van der Waals surface area contributed by atoms with Crippen LogP contribution in [0.25, 0.3) is 11.0 Å². The lowest BCUT2D eigenvalue weighted by atomic mass is 10.1. The molecule has 7 heteroatoms. The summed E-state index contributed by atoms with van der Waals surface area (Å²) in [5.74, 6) is -0.0515. The third-order valence-corrected chi connectivity index (χ3v) is 4.23. The number of carbonyl (C=O) groups is 2. The summed E-state index contributed by atoms with van der Waals surface area (Å²) in [4.78, 5) is 29.7. The number of aryl methyl sites for hydroxylation is 1. The molecule has 1 aliphatic rings. The minimum atomic E-state index is -0.224. The van der Waals surface area contributed by atoms with Gasteiger partial charge < -0.3 is 19.5 Å². The maximum absolute atomic E-state index is 12.3. The number of rotatable bonds is 3. The fraction of sp³-hybridized carbons (Fsp3) is 0.438. The van der Waals surface area contributed by atoms with Crippen LogP contribution in [0.5, 0.6) is 0 Å². The molecule has 3 rings (SSSR count). The second-order valence-corrected chi connectivity index (χ2v) is 5.87. The third kappa shape index (κ3) is 3.28. The van der Waals surface area contributed by atoms with Crippen molar-refractivity contribution in [1.29, 1.82) is 0 Å². The van der Waals surface area contributed by atoms with Gasteiger partial charge in [0.2, 0.25) is 0 Å². The van der Waals surface area contributed by atoms with E-state index in [-0.39, 0.29) is 17.9 Å². The molecule has 0 unspecified atom stereocenters. The van der Waals surface area contributed by atoms with E-state index in [0.29, 0.717) is 19.5 Å². The van der Waals surface area contributed by atoms with Crippen LogP contribution in [0.1, 0.15) is 12.8 Å². The molecule has 2 heterocycles. The van der Waals surface area contributed by atoms with Crippen molar-refractivity contribution < 1.29 is 14.3 Å². The van der Waals surface area contributed by atoms with E-state index in [2.05, 4.69) is 15.0 Å². The summed E-state index contributed by atoms with van der Waals surface area (Å²) in [6.07, 6.45) is 2.93. The second-order valence-electron chi connectivity index (χ2n) is 5.87. The van der Waals surface area contributed by atoms with Gasteiger partial charge in [-0.1, -0.05) is 0 Å². The number of likely N-dealkylation sites (tertiary alicyclic amines) is 1. The molecule has 1 N–H and O–H groups in total. The molecule has 1 saturated heterocycles. The summed E-state index contributed by atoms with van der Waals surface area (Å²) in [6, 6.07) is 5.51. The molecule has 1 aromatic carbocycles. The molecule has 0 aliphatic carbocycles. The van der Waals surface area contributed by atoms with Crippen LogP contribution in [0, 0.1) is 5.92 Å². The Labute approximate surface area is 134 Å². The van der Waals surface area contributed by atoms with Gasteiger partial charge in [-0.2, -0.15) is 0 Å². The van der Waals surface area contributed by atoms with E-state index >= 15 is 0 Å². The minimum absolute atomic E-state index is 0.146. The quantitative estimate of drug-likeness (QED) is 0.879. The lowest BCUT2D eigenvalue weighted by Gasteiger charge is -2.17. The topological polar surface area (TPSA) is 76.5 Å². The summed E-state index contributed by atoms with van der Waals surface area (Å²) in [7, 11) is 3.31. The van der Waals surface area contributed by atoms with Crippen LogP contribution in [0.2, 0.25) is 0 Å². The van der Waals surface area contributed by atoms with Crippen molar-refractivity contribution in [3.8, 4) is 0 Å². The smallest absolute Gasteiger partial charge is 0.321 e. The molecule has 122 valence electrons. The van der Waals surface area contributed by atoms with E-state index in [9.17, 15) is 9.59 Å². The first-order chi connectivity index (χ1) is 11.1. The minimum Gasteiger partial charge on any atom is -0.469 e. The molecule has 0 spiro atoms. The van der Waals surface area contributed by atoms with Crippen molar-refractivity contribution >= 4 is 28.7 Å². The number of benzene rings is 1. The number of anilines is 1. The van der Waals surface area contributed by atoms with Crippen LogP contribution in [-0.4, -0.2) is 46.7 Å². The molecule has 1 fully saturated rings. The predicted octanol–water partition coefficient (Wildman–Crippen LogP) is 1.99.